The van der Waals surface area contributed by atoms with Crippen LogP contribution in [0.15, 0.2) is 30.5 Å². The Morgan fingerprint density at radius 2 is 2.00 bits per heavy atom. The van der Waals surface area contributed by atoms with Crippen LogP contribution in [0.5, 0.6) is 11.5 Å². The van der Waals surface area contributed by atoms with Crippen molar-refractivity contribution in [1.29, 1.82) is 0 Å². The van der Waals surface area contributed by atoms with Gasteiger partial charge in [0.25, 0.3) is 0 Å². The lowest BCUT2D eigenvalue weighted by Crippen LogP contribution is -2.02. The normalized spacial score (nSPS) is 10.9. The van der Waals surface area contributed by atoms with Crippen LogP contribution in [0.1, 0.15) is 0 Å². The van der Waals surface area contributed by atoms with E-state index in [0.717, 1.165) is 6.20 Å². The summed E-state index contributed by atoms with van der Waals surface area (Å²) in [7, 11) is 0. The number of para-hydroxylation sites is 1. The summed E-state index contributed by atoms with van der Waals surface area (Å²) in [4.78, 5) is 3.87. The van der Waals surface area contributed by atoms with Crippen molar-refractivity contribution in [3.05, 3.63) is 30.5 Å². The molecule has 2 aromatic rings. The number of rotatable bonds is 2. The second kappa shape index (κ2) is 3.68. The summed E-state index contributed by atoms with van der Waals surface area (Å²) < 4.78 is 28.4. The van der Waals surface area contributed by atoms with Crippen molar-refractivity contribution >= 4 is 10.9 Å². The molecule has 1 aromatic heterocycles. The van der Waals surface area contributed by atoms with Crippen molar-refractivity contribution < 1.29 is 18.6 Å². The summed E-state index contributed by atoms with van der Waals surface area (Å²) in [5.41, 5.74) is 0.492. The Kier molecular flexibility index (Phi) is 2.37. The third kappa shape index (κ3) is 1.81. The fraction of sp³-hybridized carbons (Fsp3) is 0.100. The number of aromatic hydroxyl groups is 1. The van der Waals surface area contributed by atoms with E-state index in [9.17, 15) is 13.9 Å². The van der Waals surface area contributed by atoms with Crippen LogP contribution in [0.4, 0.5) is 8.78 Å². The van der Waals surface area contributed by atoms with Gasteiger partial charge in [-0.1, -0.05) is 12.1 Å². The third-order valence-electron chi connectivity index (χ3n) is 1.91. The first kappa shape index (κ1) is 9.64. The van der Waals surface area contributed by atoms with Gasteiger partial charge in [0.2, 0.25) is 0 Å². The molecule has 0 unspecified atom stereocenters. The third-order valence-corrected chi connectivity index (χ3v) is 1.91. The van der Waals surface area contributed by atoms with Crippen molar-refractivity contribution in [3.8, 4) is 11.5 Å². The Labute approximate surface area is 83.9 Å². The van der Waals surface area contributed by atoms with E-state index in [1.807, 2.05) is 0 Å². The molecule has 2 rings (SSSR count). The second-order valence-electron chi connectivity index (χ2n) is 2.87. The lowest BCUT2D eigenvalue weighted by molar-refractivity contribution is -0.0502. The summed E-state index contributed by atoms with van der Waals surface area (Å²) in [6, 6.07) is 6.58. The Bertz CT molecular complexity index is 488. The number of halogens is 2. The number of fused-ring (bicyclic) bond motifs is 1. The van der Waals surface area contributed by atoms with E-state index < -0.39 is 12.4 Å². The van der Waals surface area contributed by atoms with Gasteiger partial charge in [-0.3, -0.25) is 4.98 Å². The number of alkyl halides is 2. The molecule has 0 aliphatic rings. The molecule has 1 heterocycles. The SMILES string of the molecule is Oc1cnc2ccccc2c1OC(F)F. The largest absolute Gasteiger partial charge is 0.503 e. The Hall–Kier alpha value is -1.91. The predicted octanol–water partition coefficient (Wildman–Crippen LogP) is 2.54. The minimum absolute atomic E-state index is 0.240. The fourth-order valence-electron chi connectivity index (χ4n) is 1.32. The van der Waals surface area contributed by atoms with Crippen molar-refractivity contribution in [3.63, 3.8) is 0 Å². The Morgan fingerprint density at radius 3 is 2.73 bits per heavy atom. The van der Waals surface area contributed by atoms with Gasteiger partial charge < -0.3 is 9.84 Å². The molecule has 1 N–H and O–H groups in total. The van der Waals surface area contributed by atoms with Crippen LogP contribution >= 0.6 is 0 Å². The first-order chi connectivity index (χ1) is 7.18. The first-order valence-corrected chi connectivity index (χ1v) is 4.20. The van der Waals surface area contributed by atoms with Crippen molar-refractivity contribution in [1.82, 2.24) is 4.98 Å². The molecule has 0 spiro atoms. The molecule has 0 amide bonds. The summed E-state index contributed by atoms with van der Waals surface area (Å²) in [6.07, 6.45) is 1.08. The molecule has 0 radical (unpaired) electrons. The highest BCUT2D eigenvalue weighted by atomic mass is 19.3. The van der Waals surface area contributed by atoms with Gasteiger partial charge in [-0.05, 0) is 12.1 Å². The summed E-state index contributed by atoms with van der Waals surface area (Å²) in [5.74, 6) is -0.635. The molecule has 0 aliphatic heterocycles. The van der Waals surface area contributed by atoms with Gasteiger partial charge in [0, 0.05) is 5.39 Å². The average Bonchev–Trinajstić information content (AvgIpc) is 2.22. The van der Waals surface area contributed by atoms with Gasteiger partial charge in [-0.25, -0.2) is 0 Å². The van der Waals surface area contributed by atoms with E-state index in [0.29, 0.717) is 10.9 Å². The van der Waals surface area contributed by atoms with Crippen molar-refractivity contribution in [2.75, 3.05) is 0 Å². The van der Waals surface area contributed by atoms with Gasteiger partial charge in [-0.2, -0.15) is 8.78 Å². The van der Waals surface area contributed by atoms with E-state index in [1.165, 1.54) is 0 Å². The number of nitrogens with zero attached hydrogens (tertiary/aromatic N) is 1. The molecular formula is C10H7F2NO2. The van der Waals surface area contributed by atoms with Crippen LogP contribution in [0.2, 0.25) is 0 Å². The molecule has 0 atom stereocenters. The van der Waals surface area contributed by atoms with Gasteiger partial charge in [0.05, 0.1) is 11.7 Å². The zero-order valence-electron chi connectivity index (χ0n) is 7.52. The zero-order chi connectivity index (χ0) is 10.8. The number of benzene rings is 1. The minimum Gasteiger partial charge on any atom is -0.503 e. The molecule has 5 heteroatoms. The highest BCUT2D eigenvalue weighted by Crippen LogP contribution is 2.33. The Balaban J connectivity index is 2.63. The molecule has 0 saturated carbocycles. The van der Waals surface area contributed by atoms with Gasteiger partial charge in [0.1, 0.15) is 0 Å². The monoisotopic (exact) mass is 211 g/mol. The lowest BCUT2D eigenvalue weighted by Gasteiger charge is -2.08. The molecule has 0 fully saturated rings. The number of hydrogen-bond donors (Lipinski definition) is 1. The Morgan fingerprint density at radius 1 is 1.27 bits per heavy atom. The van der Waals surface area contributed by atoms with Gasteiger partial charge in [-0.15, -0.1) is 0 Å². The van der Waals surface area contributed by atoms with Crippen LogP contribution in [0, 0.1) is 0 Å². The fourth-order valence-corrected chi connectivity index (χ4v) is 1.32. The highest BCUT2D eigenvalue weighted by Gasteiger charge is 2.13. The van der Waals surface area contributed by atoms with E-state index in [4.69, 9.17) is 0 Å². The number of hydrogen-bond acceptors (Lipinski definition) is 3. The molecule has 0 saturated heterocycles. The maximum atomic E-state index is 12.1. The number of ether oxygens (including phenoxy) is 1. The van der Waals surface area contributed by atoms with Crippen LogP contribution in [0.25, 0.3) is 10.9 Å². The van der Waals surface area contributed by atoms with E-state index in [2.05, 4.69) is 9.72 Å². The van der Waals surface area contributed by atoms with Crippen LogP contribution in [0.3, 0.4) is 0 Å². The smallest absolute Gasteiger partial charge is 0.387 e. The maximum absolute atomic E-state index is 12.1. The standard InChI is InChI=1S/C10H7F2NO2/c11-10(12)15-9-6-3-1-2-4-7(6)13-5-8(9)14/h1-5,10,14H. The van der Waals surface area contributed by atoms with E-state index >= 15 is 0 Å². The summed E-state index contributed by atoms with van der Waals surface area (Å²) >= 11 is 0. The van der Waals surface area contributed by atoms with Gasteiger partial charge >= 0.3 is 6.61 Å². The molecule has 78 valence electrons. The molecule has 15 heavy (non-hydrogen) atoms. The summed E-state index contributed by atoms with van der Waals surface area (Å²) in [6.45, 7) is -2.97. The zero-order valence-corrected chi connectivity index (χ0v) is 7.52. The summed E-state index contributed by atoms with van der Waals surface area (Å²) in [5, 5.41) is 9.70. The number of aromatic nitrogens is 1. The van der Waals surface area contributed by atoms with Crippen molar-refractivity contribution in [2.45, 2.75) is 6.61 Å². The molecule has 0 aliphatic carbocycles. The van der Waals surface area contributed by atoms with Gasteiger partial charge in [0.15, 0.2) is 11.5 Å². The topological polar surface area (TPSA) is 42.4 Å². The van der Waals surface area contributed by atoms with E-state index in [-0.39, 0.29) is 5.75 Å². The highest BCUT2D eigenvalue weighted by molar-refractivity contribution is 5.87. The second-order valence-corrected chi connectivity index (χ2v) is 2.87. The number of pyridine rings is 1. The van der Waals surface area contributed by atoms with Crippen molar-refractivity contribution in [2.24, 2.45) is 0 Å². The molecule has 3 nitrogen and oxygen atoms in total. The maximum Gasteiger partial charge on any atom is 0.387 e. The van der Waals surface area contributed by atoms with Crippen LogP contribution in [-0.2, 0) is 0 Å². The lowest BCUT2D eigenvalue weighted by atomic mass is 10.2. The molecular weight excluding hydrogens is 204 g/mol. The quantitative estimate of drug-likeness (QED) is 0.829. The van der Waals surface area contributed by atoms with Crippen LogP contribution < -0.4 is 4.74 Å². The van der Waals surface area contributed by atoms with E-state index in [1.54, 1.807) is 24.3 Å². The molecule has 0 bridgehead atoms. The first-order valence-electron chi connectivity index (χ1n) is 4.20. The predicted molar refractivity (Wildman–Crippen MR) is 50.0 cm³/mol. The average molecular weight is 211 g/mol. The van der Waals surface area contributed by atoms with Crippen LogP contribution in [-0.4, -0.2) is 16.7 Å². The molecule has 1 aromatic carbocycles. The minimum atomic E-state index is -2.97.